The zero-order valence-corrected chi connectivity index (χ0v) is 17.6. The van der Waals surface area contributed by atoms with Crippen molar-refractivity contribution in [3.63, 3.8) is 0 Å². The number of aromatic nitrogens is 4. The number of H-pyrrole nitrogens is 1. The molecule has 0 saturated carbocycles. The second-order valence-electron chi connectivity index (χ2n) is 7.69. The minimum atomic E-state index is -0.400. The molecule has 0 amide bonds. The topological polar surface area (TPSA) is 84.7 Å². The quantitative estimate of drug-likeness (QED) is 0.494. The summed E-state index contributed by atoms with van der Waals surface area (Å²) in [6.07, 6.45) is 1.81. The predicted octanol–water partition coefficient (Wildman–Crippen LogP) is 3.23. The molecule has 0 aliphatic rings. The Kier molecular flexibility index (Phi) is 5.55. The number of aromatic amines is 1. The molecule has 7 heteroatoms. The van der Waals surface area contributed by atoms with Crippen LogP contribution in [0.3, 0.4) is 0 Å². The monoisotopic (exact) mass is 405 g/mol. The van der Waals surface area contributed by atoms with Gasteiger partial charge in [-0.25, -0.2) is 9.78 Å². The number of aryl methyl sites for hydroxylation is 2. The highest BCUT2D eigenvalue weighted by molar-refractivity contribution is 5.86. The zero-order valence-electron chi connectivity index (χ0n) is 17.6. The van der Waals surface area contributed by atoms with Gasteiger partial charge in [0.15, 0.2) is 11.2 Å². The van der Waals surface area contributed by atoms with Crippen LogP contribution in [0.15, 0.2) is 52.1 Å². The third-order valence-corrected chi connectivity index (χ3v) is 5.70. The molecule has 4 rings (SSSR count). The molecule has 156 valence electrons. The number of rotatable bonds is 7. The Morgan fingerprint density at radius 2 is 1.90 bits per heavy atom. The van der Waals surface area contributed by atoms with E-state index in [9.17, 15) is 9.59 Å². The lowest BCUT2D eigenvalue weighted by atomic mass is 10.00. The van der Waals surface area contributed by atoms with Crippen molar-refractivity contribution in [1.82, 2.24) is 24.4 Å². The highest BCUT2D eigenvalue weighted by Gasteiger charge is 2.17. The molecule has 4 aromatic rings. The average molecular weight is 406 g/mol. The Labute approximate surface area is 174 Å². The first-order valence-electron chi connectivity index (χ1n) is 10.4. The van der Waals surface area contributed by atoms with Crippen molar-refractivity contribution < 1.29 is 0 Å². The summed E-state index contributed by atoms with van der Waals surface area (Å²) < 4.78 is 3.34. The molecule has 0 aliphatic carbocycles. The van der Waals surface area contributed by atoms with E-state index < -0.39 is 11.2 Å². The molecule has 0 aliphatic heterocycles. The lowest BCUT2D eigenvalue weighted by Gasteiger charge is -2.16. The molecule has 1 atom stereocenters. The Morgan fingerprint density at radius 3 is 2.70 bits per heavy atom. The zero-order chi connectivity index (χ0) is 21.3. The van der Waals surface area contributed by atoms with Crippen LogP contribution in [-0.4, -0.2) is 19.1 Å². The van der Waals surface area contributed by atoms with E-state index in [1.807, 2.05) is 19.2 Å². The van der Waals surface area contributed by atoms with Gasteiger partial charge in [0.2, 0.25) is 0 Å². The number of hydrogen-bond acceptors (Lipinski definition) is 4. The van der Waals surface area contributed by atoms with Crippen LogP contribution in [-0.2, 0) is 20.1 Å². The second-order valence-corrected chi connectivity index (χ2v) is 7.69. The molecule has 2 aromatic heterocycles. The number of nitrogens with zero attached hydrogens (tertiary/aromatic N) is 3. The summed E-state index contributed by atoms with van der Waals surface area (Å²) in [5.41, 5.74) is 1.30. The first-order chi connectivity index (χ1) is 14.5. The molecular formula is C23H27N5O2. The molecule has 1 unspecified atom stereocenters. The maximum atomic E-state index is 12.4. The number of nitrogens with one attached hydrogen (secondary N) is 2. The van der Waals surface area contributed by atoms with Gasteiger partial charge in [-0.15, -0.1) is 0 Å². The largest absolute Gasteiger partial charge is 0.330 e. The van der Waals surface area contributed by atoms with Crippen LogP contribution in [0.2, 0.25) is 0 Å². The lowest BCUT2D eigenvalue weighted by Crippen LogP contribution is -2.31. The van der Waals surface area contributed by atoms with Gasteiger partial charge in [0.25, 0.3) is 5.56 Å². The normalized spacial score (nSPS) is 12.6. The minimum Gasteiger partial charge on any atom is -0.324 e. The SMILES string of the molecule is CCCCn1c(=O)[nH]c(=O)c2c1nc(CNC(C)c1cccc3ccccc13)n2C. The molecule has 0 spiro atoms. The highest BCUT2D eigenvalue weighted by Crippen LogP contribution is 2.24. The van der Waals surface area contributed by atoms with E-state index in [1.165, 1.54) is 16.3 Å². The van der Waals surface area contributed by atoms with E-state index in [0.29, 0.717) is 24.3 Å². The smallest absolute Gasteiger partial charge is 0.324 e. The molecule has 2 heterocycles. The molecule has 0 bridgehead atoms. The minimum absolute atomic E-state index is 0.0940. The van der Waals surface area contributed by atoms with Crippen LogP contribution in [0, 0.1) is 0 Å². The van der Waals surface area contributed by atoms with E-state index in [1.54, 1.807) is 9.13 Å². The standard InChI is InChI=1S/C23H27N5O2/c1-4-5-13-28-21-20(22(29)26-23(28)30)27(3)19(25-21)14-24-15(2)17-12-8-10-16-9-6-7-11-18(16)17/h6-12,15,24H,4-5,13-14H2,1-3H3,(H,26,29,30). The van der Waals surface area contributed by atoms with Gasteiger partial charge in [0.1, 0.15) is 5.82 Å². The maximum absolute atomic E-state index is 12.4. The van der Waals surface area contributed by atoms with Crippen molar-refractivity contribution in [2.24, 2.45) is 7.05 Å². The summed E-state index contributed by atoms with van der Waals surface area (Å²) in [6.45, 7) is 5.21. The first-order valence-corrected chi connectivity index (χ1v) is 10.4. The van der Waals surface area contributed by atoms with Crippen LogP contribution >= 0.6 is 0 Å². The van der Waals surface area contributed by atoms with Crippen LogP contribution in [0.4, 0.5) is 0 Å². The van der Waals surface area contributed by atoms with Crippen molar-refractivity contribution in [2.45, 2.75) is 45.8 Å². The van der Waals surface area contributed by atoms with Gasteiger partial charge in [-0.05, 0) is 29.7 Å². The Morgan fingerprint density at radius 1 is 1.13 bits per heavy atom. The maximum Gasteiger partial charge on any atom is 0.330 e. The van der Waals surface area contributed by atoms with Gasteiger partial charge in [-0.1, -0.05) is 55.8 Å². The van der Waals surface area contributed by atoms with Crippen molar-refractivity contribution in [3.8, 4) is 0 Å². The van der Waals surface area contributed by atoms with Crippen LogP contribution < -0.4 is 16.6 Å². The van der Waals surface area contributed by atoms with Crippen LogP contribution in [0.1, 0.15) is 44.1 Å². The van der Waals surface area contributed by atoms with Gasteiger partial charge >= 0.3 is 5.69 Å². The van der Waals surface area contributed by atoms with E-state index in [0.717, 1.165) is 18.7 Å². The Bertz CT molecular complexity index is 1310. The number of imidazole rings is 1. The number of hydrogen-bond donors (Lipinski definition) is 2. The molecule has 0 radical (unpaired) electrons. The fourth-order valence-electron chi connectivity index (χ4n) is 3.96. The molecule has 7 nitrogen and oxygen atoms in total. The second kappa shape index (κ2) is 8.28. The number of benzene rings is 2. The molecule has 2 aromatic carbocycles. The van der Waals surface area contributed by atoms with Gasteiger partial charge in [0, 0.05) is 19.6 Å². The Hall–Kier alpha value is -3.19. The van der Waals surface area contributed by atoms with E-state index in [4.69, 9.17) is 0 Å². The fourth-order valence-corrected chi connectivity index (χ4v) is 3.96. The van der Waals surface area contributed by atoms with Crippen molar-refractivity contribution in [3.05, 3.63) is 74.7 Å². The number of unbranched alkanes of at least 4 members (excludes halogenated alkanes) is 1. The molecule has 0 fully saturated rings. The van der Waals surface area contributed by atoms with Crippen molar-refractivity contribution in [1.29, 1.82) is 0 Å². The highest BCUT2D eigenvalue weighted by atomic mass is 16.2. The van der Waals surface area contributed by atoms with Gasteiger partial charge in [0.05, 0.1) is 6.54 Å². The Balaban J connectivity index is 1.65. The van der Waals surface area contributed by atoms with Gasteiger partial charge in [-0.3, -0.25) is 14.3 Å². The molecule has 0 saturated heterocycles. The first kappa shape index (κ1) is 20.1. The summed E-state index contributed by atoms with van der Waals surface area (Å²) in [4.78, 5) is 31.8. The van der Waals surface area contributed by atoms with Gasteiger partial charge in [-0.2, -0.15) is 0 Å². The third kappa shape index (κ3) is 3.57. The van der Waals surface area contributed by atoms with E-state index in [-0.39, 0.29) is 6.04 Å². The van der Waals surface area contributed by atoms with E-state index >= 15 is 0 Å². The van der Waals surface area contributed by atoms with Crippen LogP contribution in [0.5, 0.6) is 0 Å². The van der Waals surface area contributed by atoms with Crippen molar-refractivity contribution >= 4 is 21.9 Å². The summed E-state index contributed by atoms with van der Waals surface area (Å²) in [7, 11) is 1.82. The average Bonchev–Trinajstić information content (AvgIpc) is 3.08. The summed E-state index contributed by atoms with van der Waals surface area (Å²) in [5, 5.41) is 5.95. The summed E-state index contributed by atoms with van der Waals surface area (Å²) in [6, 6.07) is 14.7. The predicted molar refractivity (Wildman–Crippen MR) is 120 cm³/mol. The summed E-state index contributed by atoms with van der Waals surface area (Å²) >= 11 is 0. The summed E-state index contributed by atoms with van der Waals surface area (Å²) in [5.74, 6) is 0.721. The van der Waals surface area contributed by atoms with Crippen LogP contribution in [0.25, 0.3) is 21.9 Å². The fraction of sp³-hybridized carbons (Fsp3) is 0.348. The van der Waals surface area contributed by atoms with Crippen molar-refractivity contribution in [2.75, 3.05) is 0 Å². The number of fused-ring (bicyclic) bond motifs is 2. The molecule has 2 N–H and O–H groups in total. The lowest BCUT2D eigenvalue weighted by molar-refractivity contribution is 0.553. The third-order valence-electron chi connectivity index (χ3n) is 5.70. The molecular weight excluding hydrogens is 378 g/mol. The van der Waals surface area contributed by atoms with E-state index in [2.05, 4.69) is 59.5 Å². The van der Waals surface area contributed by atoms with Gasteiger partial charge < -0.3 is 9.88 Å². The molecule has 30 heavy (non-hydrogen) atoms.